The molecule has 0 saturated heterocycles. The Morgan fingerprint density at radius 3 is 2.08 bits per heavy atom. The van der Waals surface area contributed by atoms with Gasteiger partial charge in [0.25, 0.3) is 0 Å². The Hall–Kier alpha value is -0.750. The van der Waals surface area contributed by atoms with Crippen molar-refractivity contribution in [2.24, 2.45) is 0 Å². The molecule has 0 amide bonds. The van der Waals surface area contributed by atoms with Crippen molar-refractivity contribution in [2.45, 2.75) is 12.5 Å². The van der Waals surface area contributed by atoms with E-state index in [1.54, 1.807) is 0 Å². The minimum atomic E-state index is -2.85. The van der Waals surface area contributed by atoms with E-state index in [9.17, 15) is 9.59 Å². The summed E-state index contributed by atoms with van der Waals surface area (Å²) in [5.41, 5.74) is 0. The zero-order chi connectivity index (χ0) is 9.72. The molecular formula is C4H7O7P. The molecule has 70 valence electrons. The molecule has 0 spiro atoms. The maximum Gasteiger partial charge on any atom is 0.333 e. The van der Waals surface area contributed by atoms with Gasteiger partial charge in [-0.15, -0.1) is 0 Å². The fourth-order valence-electron chi connectivity index (χ4n) is 0.442. The van der Waals surface area contributed by atoms with Crippen LogP contribution in [0.1, 0.15) is 6.42 Å². The number of hydrogen-bond donors (Lipinski definition) is 4. The van der Waals surface area contributed by atoms with Crippen LogP contribution in [0.3, 0.4) is 0 Å². The molecule has 0 radical (unpaired) electrons. The molecule has 0 fully saturated rings. The summed E-state index contributed by atoms with van der Waals surface area (Å²) in [5, 5.41) is 16.4. The third kappa shape index (κ3) is 4.97. The van der Waals surface area contributed by atoms with E-state index in [0.717, 1.165) is 0 Å². The topological polar surface area (TPSA) is 124 Å². The first-order chi connectivity index (χ1) is 5.43. The normalized spacial score (nSPS) is 12.9. The molecule has 0 aromatic carbocycles. The van der Waals surface area contributed by atoms with Gasteiger partial charge in [-0.05, 0) is 0 Å². The molecule has 1 unspecified atom stereocenters. The van der Waals surface area contributed by atoms with Gasteiger partial charge in [-0.1, -0.05) is 0 Å². The average molecular weight is 198 g/mol. The second-order valence-corrected chi connectivity index (χ2v) is 2.50. The van der Waals surface area contributed by atoms with Crippen molar-refractivity contribution in [3.63, 3.8) is 0 Å². The first-order valence-corrected chi connectivity index (χ1v) is 3.89. The molecule has 0 aliphatic rings. The van der Waals surface area contributed by atoms with Gasteiger partial charge in [-0.2, -0.15) is 0 Å². The van der Waals surface area contributed by atoms with Crippen LogP contribution in [0.4, 0.5) is 0 Å². The summed E-state index contributed by atoms with van der Waals surface area (Å²) in [6.07, 6.45) is -2.53. The van der Waals surface area contributed by atoms with Crippen molar-refractivity contribution < 1.29 is 34.1 Å². The second-order valence-electron chi connectivity index (χ2n) is 1.78. The first kappa shape index (κ1) is 11.2. The molecule has 0 rings (SSSR count). The maximum absolute atomic E-state index is 10.2. The first-order valence-electron chi connectivity index (χ1n) is 2.72. The molecule has 0 aromatic heterocycles. The number of rotatable bonds is 5. The third-order valence-electron chi connectivity index (χ3n) is 0.857. The minimum Gasteiger partial charge on any atom is -0.481 e. The van der Waals surface area contributed by atoms with Crippen molar-refractivity contribution in [1.82, 2.24) is 0 Å². The van der Waals surface area contributed by atoms with Gasteiger partial charge in [-0.3, -0.25) is 9.32 Å². The maximum atomic E-state index is 10.2. The lowest BCUT2D eigenvalue weighted by Gasteiger charge is -2.10. The van der Waals surface area contributed by atoms with Crippen LogP contribution >= 0.6 is 8.60 Å². The second kappa shape index (κ2) is 5.00. The highest BCUT2D eigenvalue weighted by Gasteiger charge is 2.24. The Morgan fingerprint density at radius 1 is 1.33 bits per heavy atom. The van der Waals surface area contributed by atoms with E-state index in [-0.39, 0.29) is 0 Å². The van der Waals surface area contributed by atoms with E-state index in [1.165, 1.54) is 0 Å². The number of carbonyl (C=O) groups is 2. The van der Waals surface area contributed by atoms with Crippen LogP contribution in [-0.4, -0.2) is 38.0 Å². The molecule has 0 bridgehead atoms. The lowest BCUT2D eigenvalue weighted by Crippen LogP contribution is -2.25. The molecule has 0 aliphatic carbocycles. The Labute approximate surface area is 68.2 Å². The highest BCUT2D eigenvalue weighted by atomic mass is 31.2. The van der Waals surface area contributed by atoms with Gasteiger partial charge in [0.15, 0.2) is 6.10 Å². The van der Waals surface area contributed by atoms with Crippen LogP contribution in [-0.2, 0) is 14.1 Å². The SMILES string of the molecule is O=C(O)CC(OP(O)O)C(=O)O. The quantitative estimate of drug-likeness (QED) is 0.423. The summed E-state index contributed by atoms with van der Waals surface area (Å²) in [5.74, 6) is -2.94. The Balaban J connectivity index is 4.04. The predicted molar refractivity (Wildman–Crippen MR) is 36.1 cm³/mol. The van der Waals surface area contributed by atoms with E-state index in [4.69, 9.17) is 20.0 Å². The van der Waals surface area contributed by atoms with E-state index in [1.807, 2.05) is 0 Å². The number of carboxylic acid groups (broad SMARTS) is 2. The number of hydrogen-bond acceptors (Lipinski definition) is 5. The Bertz CT molecular complexity index is 178. The zero-order valence-electron chi connectivity index (χ0n) is 5.75. The van der Waals surface area contributed by atoms with Crippen LogP contribution in [0.25, 0.3) is 0 Å². The smallest absolute Gasteiger partial charge is 0.333 e. The van der Waals surface area contributed by atoms with E-state index >= 15 is 0 Å². The fraction of sp³-hybridized carbons (Fsp3) is 0.500. The van der Waals surface area contributed by atoms with Gasteiger partial charge < -0.3 is 20.0 Å². The number of carboxylic acids is 2. The van der Waals surface area contributed by atoms with Gasteiger partial charge in [0.1, 0.15) is 0 Å². The third-order valence-corrected chi connectivity index (χ3v) is 1.30. The van der Waals surface area contributed by atoms with Crippen LogP contribution in [0.15, 0.2) is 0 Å². The van der Waals surface area contributed by atoms with Gasteiger partial charge >= 0.3 is 20.5 Å². The van der Waals surface area contributed by atoms with Gasteiger partial charge in [-0.25, -0.2) is 4.79 Å². The lowest BCUT2D eigenvalue weighted by atomic mass is 10.3. The van der Waals surface area contributed by atoms with Gasteiger partial charge in [0.2, 0.25) is 0 Å². The molecule has 4 N–H and O–H groups in total. The molecular weight excluding hydrogens is 191 g/mol. The van der Waals surface area contributed by atoms with Crippen molar-refractivity contribution >= 4 is 20.5 Å². The molecule has 0 heterocycles. The highest BCUT2D eigenvalue weighted by molar-refractivity contribution is 7.39. The van der Waals surface area contributed by atoms with Gasteiger partial charge in [0, 0.05) is 0 Å². The lowest BCUT2D eigenvalue weighted by molar-refractivity contribution is -0.151. The summed E-state index contributed by atoms with van der Waals surface area (Å²) in [6.45, 7) is 0. The monoisotopic (exact) mass is 198 g/mol. The number of aliphatic carboxylic acids is 2. The molecule has 0 saturated carbocycles. The summed E-state index contributed by atoms with van der Waals surface area (Å²) in [6, 6.07) is 0. The largest absolute Gasteiger partial charge is 0.481 e. The fourth-order valence-corrected chi connectivity index (χ4v) is 0.834. The van der Waals surface area contributed by atoms with Crippen molar-refractivity contribution in [3.05, 3.63) is 0 Å². The van der Waals surface area contributed by atoms with Crippen molar-refractivity contribution in [2.75, 3.05) is 0 Å². The molecule has 0 aliphatic heterocycles. The summed E-state index contributed by atoms with van der Waals surface area (Å²) < 4.78 is 4.02. The summed E-state index contributed by atoms with van der Waals surface area (Å²) in [4.78, 5) is 36.6. The van der Waals surface area contributed by atoms with Crippen LogP contribution < -0.4 is 0 Å². The minimum absolute atomic E-state index is 0.810. The molecule has 12 heavy (non-hydrogen) atoms. The van der Waals surface area contributed by atoms with Crippen LogP contribution in [0.5, 0.6) is 0 Å². The Kier molecular flexibility index (Phi) is 4.68. The Morgan fingerprint density at radius 2 is 1.83 bits per heavy atom. The molecule has 7 nitrogen and oxygen atoms in total. The highest BCUT2D eigenvalue weighted by Crippen LogP contribution is 2.27. The standard InChI is InChI=1S/C4H7O7P/c5-3(6)1-2(4(7)8)11-12(9)10/h2,9-10H,1H2,(H,5,6)(H,7,8). The zero-order valence-corrected chi connectivity index (χ0v) is 6.64. The average Bonchev–Trinajstić information content (AvgIpc) is 1.83. The molecule has 8 heteroatoms. The van der Waals surface area contributed by atoms with Crippen molar-refractivity contribution in [1.29, 1.82) is 0 Å². The van der Waals surface area contributed by atoms with E-state index in [0.29, 0.717) is 0 Å². The van der Waals surface area contributed by atoms with Crippen LogP contribution in [0.2, 0.25) is 0 Å². The summed E-state index contributed by atoms with van der Waals surface area (Å²) >= 11 is 0. The van der Waals surface area contributed by atoms with Crippen molar-refractivity contribution in [3.8, 4) is 0 Å². The van der Waals surface area contributed by atoms with E-state index in [2.05, 4.69) is 4.52 Å². The predicted octanol–water partition coefficient (Wildman–Crippen LogP) is -0.858. The molecule has 0 aromatic rings. The molecule has 1 atom stereocenters. The van der Waals surface area contributed by atoms with Gasteiger partial charge in [0.05, 0.1) is 6.42 Å². The van der Waals surface area contributed by atoms with E-state index < -0.39 is 33.1 Å². The van der Waals surface area contributed by atoms with Crippen LogP contribution in [0, 0.1) is 0 Å². The summed E-state index contributed by atoms with van der Waals surface area (Å²) in [7, 11) is -2.85.